The maximum absolute atomic E-state index is 12.2. The minimum atomic E-state index is -0.509. The lowest BCUT2D eigenvalue weighted by Gasteiger charge is -2.12. The van der Waals surface area contributed by atoms with Gasteiger partial charge in [0.15, 0.2) is 29.6 Å². The van der Waals surface area contributed by atoms with E-state index < -0.39 is 17.8 Å². The lowest BCUT2D eigenvalue weighted by Crippen LogP contribution is -2.34. The molecule has 11 heteroatoms. The summed E-state index contributed by atoms with van der Waals surface area (Å²) in [5.41, 5.74) is 3.30. The second kappa shape index (κ2) is 12.1. The Labute approximate surface area is 196 Å². The molecule has 0 spiro atoms. The van der Waals surface area contributed by atoms with Crippen molar-refractivity contribution in [2.45, 2.75) is 13.8 Å². The van der Waals surface area contributed by atoms with E-state index in [2.05, 4.69) is 15.8 Å². The number of amides is 2. The molecule has 0 bridgehead atoms. The molecule has 2 amide bonds. The zero-order chi connectivity index (χ0) is 24.3. The third-order valence-electron chi connectivity index (χ3n) is 4.37. The van der Waals surface area contributed by atoms with Crippen LogP contribution < -0.4 is 29.7 Å². The highest BCUT2D eigenvalue weighted by molar-refractivity contribution is 5.97. The summed E-state index contributed by atoms with van der Waals surface area (Å²) in [6.07, 6.45) is 1.41. The van der Waals surface area contributed by atoms with E-state index in [1.165, 1.54) is 6.21 Å². The van der Waals surface area contributed by atoms with Gasteiger partial charge >= 0.3 is 5.97 Å². The largest absolute Gasteiger partial charge is 0.490 e. The third-order valence-corrected chi connectivity index (χ3v) is 4.37. The average Bonchev–Trinajstić information content (AvgIpc) is 3.30. The minimum absolute atomic E-state index is 0.107. The van der Waals surface area contributed by atoms with Crippen LogP contribution in [0.25, 0.3) is 0 Å². The number of nitrogens with one attached hydrogen (secondary N) is 2. The van der Waals surface area contributed by atoms with Gasteiger partial charge in [-0.1, -0.05) is 0 Å². The molecule has 11 nitrogen and oxygen atoms in total. The highest BCUT2D eigenvalue weighted by Crippen LogP contribution is 2.32. The predicted octanol–water partition coefficient (Wildman–Crippen LogP) is 1.64. The molecule has 0 radical (unpaired) electrons. The van der Waals surface area contributed by atoms with Crippen LogP contribution in [0.15, 0.2) is 41.5 Å². The van der Waals surface area contributed by atoms with E-state index in [1.807, 2.05) is 6.92 Å². The molecule has 2 aromatic carbocycles. The molecule has 0 aromatic heterocycles. The van der Waals surface area contributed by atoms with Crippen molar-refractivity contribution in [1.82, 2.24) is 10.7 Å². The van der Waals surface area contributed by atoms with E-state index in [4.69, 9.17) is 23.7 Å². The quantitative estimate of drug-likeness (QED) is 0.287. The van der Waals surface area contributed by atoms with Gasteiger partial charge in [0.05, 0.1) is 26.0 Å². The van der Waals surface area contributed by atoms with Crippen LogP contribution in [0.5, 0.6) is 23.0 Å². The fourth-order valence-corrected chi connectivity index (χ4v) is 2.85. The van der Waals surface area contributed by atoms with E-state index in [0.29, 0.717) is 40.7 Å². The molecule has 1 aliphatic heterocycles. The highest BCUT2D eigenvalue weighted by Gasteiger charge is 2.16. The molecule has 34 heavy (non-hydrogen) atoms. The maximum Gasteiger partial charge on any atom is 0.344 e. The van der Waals surface area contributed by atoms with Crippen molar-refractivity contribution in [3.8, 4) is 23.0 Å². The van der Waals surface area contributed by atoms with Gasteiger partial charge in [-0.05, 0) is 55.8 Å². The fourth-order valence-electron chi connectivity index (χ4n) is 2.85. The summed E-state index contributed by atoms with van der Waals surface area (Å²) in [7, 11) is 0. The van der Waals surface area contributed by atoms with Gasteiger partial charge in [0.2, 0.25) is 6.79 Å². The molecule has 180 valence electrons. The van der Waals surface area contributed by atoms with Crippen LogP contribution in [0, 0.1) is 0 Å². The number of nitrogens with zero attached hydrogens (tertiary/aromatic N) is 1. The van der Waals surface area contributed by atoms with Crippen molar-refractivity contribution >= 4 is 24.0 Å². The normalized spacial score (nSPS) is 11.7. The second-order valence-corrected chi connectivity index (χ2v) is 6.78. The summed E-state index contributed by atoms with van der Waals surface area (Å²) in [6.45, 7) is 3.78. The smallest absolute Gasteiger partial charge is 0.344 e. The van der Waals surface area contributed by atoms with Crippen molar-refractivity contribution < 1.29 is 38.1 Å². The molecule has 3 rings (SSSR count). The summed E-state index contributed by atoms with van der Waals surface area (Å²) in [5, 5.41) is 6.39. The maximum atomic E-state index is 12.2. The predicted molar refractivity (Wildman–Crippen MR) is 120 cm³/mol. The van der Waals surface area contributed by atoms with Crippen LogP contribution in [-0.2, 0) is 14.3 Å². The molecule has 0 unspecified atom stereocenters. The molecule has 0 saturated heterocycles. The summed E-state index contributed by atoms with van der Waals surface area (Å²) in [4.78, 5) is 35.7. The summed E-state index contributed by atoms with van der Waals surface area (Å²) >= 11 is 0. The molecule has 0 saturated carbocycles. The first-order chi connectivity index (χ1) is 16.5. The number of hydrazone groups is 1. The van der Waals surface area contributed by atoms with Gasteiger partial charge in [0.25, 0.3) is 11.8 Å². The number of benzene rings is 2. The third kappa shape index (κ3) is 6.86. The zero-order valence-electron chi connectivity index (χ0n) is 18.8. The first-order valence-electron chi connectivity index (χ1n) is 10.5. The zero-order valence-corrected chi connectivity index (χ0v) is 18.8. The summed E-state index contributed by atoms with van der Waals surface area (Å²) in [5.74, 6) is 0.409. The standard InChI is InChI=1S/C23H25N3O8/c1-3-30-19-9-15(5-7-17(19)32-13-22(28)31-4-2)11-25-26-21(27)12-24-23(29)16-6-8-18-20(10-16)34-14-33-18/h5-11H,3-4,12-14H2,1-2H3,(H,24,29)(H,26,27)/b25-11-. The summed E-state index contributed by atoms with van der Waals surface area (Å²) in [6, 6.07) is 9.71. The molecule has 1 heterocycles. The topological polar surface area (TPSA) is 134 Å². The van der Waals surface area contributed by atoms with E-state index in [1.54, 1.807) is 43.3 Å². The molecule has 2 aromatic rings. The molecule has 0 atom stereocenters. The first-order valence-corrected chi connectivity index (χ1v) is 10.5. The SMILES string of the molecule is CCOC(=O)COc1ccc(/C=N\NC(=O)CNC(=O)c2ccc3c(c2)OCO3)cc1OCC. The van der Waals surface area contributed by atoms with Crippen LogP contribution in [0.3, 0.4) is 0 Å². The lowest BCUT2D eigenvalue weighted by molar-refractivity contribution is -0.145. The van der Waals surface area contributed by atoms with Crippen molar-refractivity contribution in [1.29, 1.82) is 0 Å². The lowest BCUT2D eigenvalue weighted by atomic mass is 10.2. The Hall–Kier alpha value is -4.28. The molecule has 2 N–H and O–H groups in total. The number of fused-ring (bicyclic) bond motifs is 1. The number of carbonyl (C=O) groups excluding carboxylic acids is 3. The Bertz CT molecular complexity index is 1070. The number of esters is 1. The Morgan fingerprint density at radius 2 is 1.82 bits per heavy atom. The highest BCUT2D eigenvalue weighted by atomic mass is 16.7. The Morgan fingerprint density at radius 1 is 1.00 bits per heavy atom. The van der Waals surface area contributed by atoms with Crippen LogP contribution in [0.1, 0.15) is 29.8 Å². The Balaban J connectivity index is 1.49. The van der Waals surface area contributed by atoms with Gasteiger partial charge in [-0.3, -0.25) is 9.59 Å². The number of ether oxygens (including phenoxy) is 5. The van der Waals surface area contributed by atoms with E-state index in [-0.39, 0.29) is 26.6 Å². The Kier molecular flexibility index (Phi) is 8.67. The number of carbonyl (C=O) groups is 3. The molecule has 0 fully saturated rings. The molecule has 1 aliphatic rings. The van der Waals surface area contributed by atoms with Gasteiger partial charge in [0.1, 0.15) is 0 Å². The van der Waals surface area contributed by atoms with Crippen molar-refractivity contribution in [2.75, 3.05) is 33.2 Å². The Morgan fingerprint density at radius 3 is 2.62 bits per heavy atom. The van der Waals surface area contributed by atoms with Crippen molar-refractivity contribution in [2.24, 2.45) is 5.10 Å². The molecular formula is C23H25N3O8. The average molecular weight is 471 g/mol. The second-order valence-electron chi connectivity index (χ2n) is 6.78. The van der Waals surface area contributed by atoms with E-state index in [0.717, 1.165) is 0 Å². The van der Waals surface area contributed by atoms with E-state index >= 15 is 0 Å². The molecular weight excluding hydrogens is 446 g/mol. The first kappa shape index (κ1) is 24.4. The van der Waals surface area contributed by atoms with Gasteiger partial charge < -0.3 is 29.0 Å². The minimum Gasteiger partial charge on any atom is -0.490 e. The molecule has 0 aliphatic carbocycles. The van der Waals surface area contributed by atoms with Gasteiger partial charge in [-0.25, -0.2) is 10.2 Å². The summed E-state index contributed by atoms with van der Waals surface area (Å²) < 4.78 is 26.3. The number of rotatable bonds is 11. The monoisotopic (exact) mass is 471 g/mol. The number of hydrogen-bond donors (Lipinski definition) is 2. The van der Waals surface area contributed by atoms with Crippen molar-refractivity contribution in [3.05, 3.63) is 47.5 Å². The van der Waals surface area contributed by atoms with Crippen LogP contribution in [0.2, 0.25) is 0 Å². The van der Waals surface area contributed by atoms with Crippen molar-refractivity contribution in [3.63, 3.8) is 0 Å². The van der Waals surface area contributed by atoms with Gasteiger partial charge in [-0.2, -0.15) is 5.10 Å². The van der Waals surface area contributed by atoms with Gasteiger partial charge in [0, 0.05) is 5.56 Å². The van der Waals surface area contributed by atoms with Crippen LogP contribution >= 0.6 is 0 Å². The van der Waals surface area contributed by atoms with Crippen LogP contribution in [-0.4, -0.2) is 57.2 Å². The van der Waals surface area contributed by atoms with Gasteiger partial charge in [-0.15, -0.1) is 0 Å². The fraction of sp³-hybridized carbons (Fsp3) is 0.304. The van der Waals surface area contributed by atoms with Crippen LogP contribution in [0.4, 0.5) is 0 Å². The number of hydrogen-bond acceptors (Lipinski definition) is 9. The van der Waals surface area contributed by atoms with E-state index in [9.17, 15) is 14.4 Å².